The van der Waals surface area contributed by atoms with Crippen molar-refractivity contribution in [3.8, 4) is 0 Å². The molecule has 4 aromatic carbocycles. The topological polar surface area (TPSA) is 17.1 Å². The highest BCUT2D eigenvalue weighted by atomic mass is 32.2. The van der Waals surface area contributed by atoms with Crippen molar-refractivity contribution in [2.45, 2.75) is 22.6 Å². The summed E-state index contributed by atoms with van der Waals surface area (Å²) in [6.07, 6.45) is 1.56. The van der Waals surface area contributed by atoms with E-state index in [-0.39, 0.29) is 0 Å². The quantitative estimate of drug-likeness (QED) is 0.398. The minimum atomic E-state index is -1.22. The van der Waals surface area contributed by atoms with E-state index in [0.29, 0.717) is 0 Å². The normalized spacial score (nSPS) is 10.9. The summed E-state index contributed by atoms with van der Waals surface area (Å²) in [4.78, 5) is 1.79. The van der Waals surface area contributed by atoms with Gasteiger partial charge in [0.1, 0.15) is 0 Å². The molecule has 1 nitrogen and oxygen atoms in total. The van der Waals surface area contributed by atoms with Gasteiger partial charge in [0.2, 0.25) is 0 Å². The van der Waals surface area contributed by atoms with Gasteiger partial charge in [0.05, 0.1) is 10.8 Å². The van der Waals surface area contributed by atoms with Crippen LogP contribution in [0, 0.1) is 0 Å². The van der Waals surface area contributed by atoms with E-state index in [4.69, 9.17) is 0 Å². The monoisotopic (exact) mass is 382 g/mol. The first-order chi connectivity index (χ1) is 13.8. The first-order valence-corrected chi connectivity index (χ1v) is 10.6. The Labute approximate surface area is 169 Å². The van der Waals surface area contributed by atoms with Gasteiger partial charge in [0.25, 0.3) is 0 Å². The second kappa shape index (κ2) is 8.81. The Morgan fingerprint density at radius 3 is 1.25 bits per heavy atom. The van der Waals surface area contributed by atoms with Crippen molar-refractivity contribution in [1.29, 1.82) is 0 Å². The SMILES string of the molecule is O=S(c1ccccc1Cc1ccccc1)c1ccccc1Cc1ccccc1. The molecule has 4 rings (SSSR count). The van der Waals surface area contributed by atoms with Crippen molar-refractivity contribution >= 4 is 10.8 Å². The predicted molar refractivity (Wildman–Crippen MR) is 116 cm³/mol. The lowest BCUT2D eigenvalue weighted by molar-refractivity contribution is 0.681. The maximum absolute atomic E-state index is 13.6. The van der Waals surface area contributed by atoms with E-state index in [1.165, 1.54) is 11.1 Å². The lowest BCUT2D eigenvalue weighted by Crippen LogP contribution is -2.03. The minimum Gasteiger partial charge on any atom is -0.249 e. The van der Waals surface area contributed by atoms with E-state index in [1.807, 2.05) is 72.8 Å². The summed E-state index contributed by atoms with van der Waals surface area (Å²) in [7, 11) is -1.22. The maximum atomic E-state index is 13.6. The van der Waals surface area contributed by atoms with Crippen molar-refractivity contribution in [3.05, 3.63) is 131 Å². The molecule has 0 aliphatic heterocycles. The largest absolute Gasteiger partial charge is 0.249 e. The molecule has 0 heterocycles. The van der Waals surface area contributed by atoms with E-state index in [1.54, 1.807) is 0 Å². The van der Waals surface area contributed by atoms with Crippen LogP contribution in [-0.4, -0.2) is 4.21 Å². The Hall–Kier alpha value is -2.97. The van der Waals surface area contributed by atoms with Crippen molar-refractivity contribution in [3.63, 3.8) is 0 Å². The Bertz CT molecular complexity index is 985. The van der Waals surface area contributed by atoms with E-state index < -0.39 is 10.8 Å². The molecular weight excluding hydrogens is 360 g/mol. The van der Waals surface area contributed by atoms with Crippen LogP contribution in [0.15, 0.2) is 119 Å². The third-order valence-electron chi connectivity index (χ3n) is 4.82. The molecule has 4 aromatic rings. The molecule has 0 aromatic heterocycles. The van der Waals surface area contributed by atoms with Gasteiger partial charge in [0.15, 0.2) is 0 Å². The van der Waals surface area contributed by atoms with Crippen LogP contribution in [0.4, 0.5) is 0 Å². The van der Waals surface area contributed by atoms with Gasteiger partial charge in [0, 0.05) is 9.79 Å². The molecule has 0 spiro atoms. The molecule has 0 N–H and O–H groups in total. The van der Waals surface area contributed by atoms with Crippen molar-refractivity contribution in [2.24, 2.45) is 0 Å². The van der Waals surface area contributed by atoms with E-state index in [2.05, 4.69) is 36.4 Å². The fraction of sp³-hybridized carbons (Fsp3) is 0.0769. The first-order valence-electron chi connectivity index (χ1n) is 9.47. The zero-order chi connectivity index (χ0) is 19.2. The zero-order valence-corrected chi connectivity index (χ0v) is 16.4. The molecule has 138 valence electrons. The van der Waals surface area contributed by atoms with Gasteiger partial charge >= 0.3 is 0 Å². The Kier molecular flexibility index (Phi) is 5.79. The van der Waals surface area contributed by atoms with Crippen molar-refractivity contribution in [2.75, 3.05) is 0 Å². The first kappa shape index (κ1) is 18.4. The molecule has 0 bridgehead atoms. The Morgan fingerprint density at radius 2 is 0.821 bits per heavy atom. The molecule has 2 heteroatoms. The van der Waals surface area contributed by atoms with Crippen LogP contribution in [-0.2, 0) is 23.6 Å². The van der Waals surface area contributed by atoms with Crippen molar-refractivity contribution in [1.82, 2.24) is 0 Å². The highest BCUT2D eigenvalue weighted by Crippen LogP contribution is 2.26. The molecule has 28 heavy (non-hydrogen) atoms. The Morgan fingerprint density at radius 1 is 0.464 bits per heavy atom. The lowest BCUT2D eigenvalue weighted by Gasteiger charge is -2.13. The summed E-state index contributed by atoms with van der Waals surface area (Å²) < 4.78 is 13.6. The second-order valence-corrected chi connectivity index (χ2v) is 8.23. The van der Waals surface area contributed by atoms with E-state index >= 15 is 0 Å². The van der Waals surface area contributed by atoms with Crippen LogP contribution in [0.1, 0.15) is 22.3 Å². The smallest absolute Gasteiger partial charge is 0.0855 e. The predicted octanol–water partition coefficient (Wildman–Crippen LogP) is 6.03. The van der Waals surface area contributed by atoms with Gasteiger partial charge in [-0.1, -0.05) is 97.1 Å². The molecule has 0 saturated carbocycles. The fourth-order valence-corrected chi connectivity index (χ4v) is 4.81. The molecule has 0 atom stereocenters. The average Bonchev–Trinajstić information content (AvgIpc) is 2.76. The van der Waals surface area contributed by atoms with Crippen LogP contribution in [0.25, 0.3) is 0 Å². The van der Waals surface area contributed by atoms with Gasteiger partial charge in [-0.3, -0.25) is 0 Å². The van der Waals surface area contributed by atoms with Gasteiger partial charge in [-0.05, 0) is 47.2 Å². The molecular formula is C26H22OS. The standard InChI is InChI=1S/C26H22OS/c27-28(25-17-9-7-15-23(25)19-21-11-3-1-4-12-21)26-18-10-8-16-24(26)20-22-13-5-2-6-14-22/h1-18H,19-20H2. The molecule has 0 radical (unpaired) electrons. The van der Waals surface area contributed by atoms with Gasteiger partial charge in [-0.25, -0.2) is 4.21 Å². The van der Waals surface area contributed by atoms with Gasteiger partial charge in [-0.2, -0.15) is 0 Å². The summed E-state index contributed by atoms with van der Waals surface area (Å²) in [5.41, 5.74) is 4.68. The summed E-state index contributed by atoms with van der Waals surface area (Å²) in [6.45, 7) is 0. The third-order valence-corrected chi connectivity index (χ3v) is 6.41. The minimum absolute atomic E-state index is 0.781. The number of hydrogen-bond acceptors (Lipinski definition) is 1. The third kappa shape index (κ3) is 4.29. The second-order valence-electron chi connectivity index (χ2n) is 6.81. The molecule has 0 saturated heterocycles. The molecule has 0 amide bonds. The molecule has 0 unspecified atom stereocenters. The number of benzene rings is 4. The van der Waals surface area contributed by atoms with Crippen LogP contribution < -0.4 is 0 Å². The molecule has 0 aliphatic carbocycles. The van der Waals surface area contributed by atoms with Crippen molar-refractivity contribution < 1.29 is 4.21 Å². The summed E-state index contributed by atoms with van der Waals surface area (Å²) >= 11 is 0. The summed E-state index contributed by atoms with van der Waals surface area (Å²) in [6, 6.07) is 36.8. The molecule has 0 aliphatic rings. The van der Waals surface area contributed by atoms with Gasteiger partial charge in [-0.15, -0.1) is 0 Å². The lowest BCUT2D eigenvalue weighted by atomic mass is 10.1. The van der Waals surface area contributed by atoms with Gasteiger partial charge < -0.3 is 0 Å². The zero-order valence-electron chi connectivity index (χ0n) is 15.6. The Balaban J connectivity index is 1.67. The molecule has 0 fully saturated rings. The number of rotatable bonds is 6. The van der Waals surface area contributed by atoms with E-state index in [9.17, 15) is 4.21 Å². The average molecular weight is 383 g/mol. The maximum Gasteiger partial charge on any atom is 0.0855 e. The number of hydrogen-bond donors (Lipinski definition) is 0. The van der Waals surface area contributed by atoms with E-state index in [0.717, 1.165) is 33.8 Å². The summed E-state index contributed by atoms with van der Waals surface area (Å²) in [5, 5.41) is 0. The highest BCUT2D eigenvalue weighted by molar-refractivity contribution is 7.85. The van der Waals surface area contributed by atoms with Crippen LogP contribution in [0.3, 0.4) is 0 Å². The van der Waals surface area contributed by atoms with Crippen LogP contribution in [0.2, 0.25) is 0 Å². The summed E-state index contributed by atoms with van der Waals surface area (Å²) in [5.74, 6) is 0. The fourth-order valence-electron chi connectivity index (χ4n) is 3.41. The highest BCUT2D eigenvalue weighted by Gasteiger charge is 2.15. The van der Waals surface area contributed by atoms with Crippen LogP contribution >= 0.6 is 0 Å². The van der Waals surface area contributed by atoms with Crippen LogP contribution in [0.5, 0.6) is 0 Å².